The molecule has 24 heavy (non-hydrogen) atoms. The maximum atomic E-state index is 12.0. The van der Waals surface area contributed by atoms with Crippen LogP contribution in [0.1, 0.15) is 40.5 Å². The van der Waals surface area contributed by atoms with Gasteiger partial charge < -0.3 is 19.1 Å². The summed E-state index contributed by atoms with van der Waals surface area (Å²) in [6, 6.07) is 0. The molecule has 1 heterocycles. The third-order valence-corrected chi connectivity index (χ3v) is 3.15. The minimum absolute atomic E-state index is 0.0894. The third kappa shape index (κ3) is 7.48. The molecule has 0 aromatic heterocycles. The lowest BCUT2D eigenvalue weighted by atomic mass is 10.2. The average Bonchev–Trinajstić information content (AvgIpc) is 2.50. The number of esters is 1. The van der Waals surface area contributed by atoms with Gasteiger partial charge in [0, 0.05) is 32.6 Å². The molecule has 0 bridgehead atoms. The van der Waals surface area contributed by atoms with Gasteiger partial charge in [-0.1, -0.05) is 6.92 Å². The van der Waals surface area contributed by atoms with Gasteiger partial charge >= 0.3 is 18.0 Å². The predicted octanol–water partition coefficient (Wildman–Crippen LogP) is 1.53. The van der Waals surface area contributed by atoms with Crippen LogP contribution in [0.25, 0.3) is 0 Å². The lowest BCUT2D eigenvalue weighted by Gasteiger charge is -2.35. The van der Waals surface area contributed by atoms with E-state index in [2.05, 4.69) is 0 Å². The second-order valence-corrected chi connectivity index (χ2v) is 6.47. The van der Waals surface area contributed by atoms with Crippen molar-refractivity contribution in [1.29, 1.82) is 0 Å². The van der Waals surface area contributed by atoms with E-state index >= 15 is 0 Å². The van der Waals surface area contributed by atoms with E-state index in [0.717, 1.165) is 0 Å². The van der Waals surface area contributed by atoms with Crippen molar-refractivity contribution < 1.29 is 28.6 Å². The lowest BCUT2D eigenvalue weighted by Crippen LogP contribution is -2.50. The van der Waals surface area contributed by atoms with Crippen LogP contribution in [0.4, 0.5) is 4.79 Å². The number of nitrogens with zero attached hydrogens (tertiary/aromatic N) is 2. The zero-order valence-electron chi connectivity index (χ0n) is 14.8. The van der Waals surface area contributed by atoms with Crippen molar-refractivity contribution in [1.82, 2.24) is 9.80 Å². The van der Waals surface area contributed by atoms with Crippen LogP contribution in [0.2, 0.25) is 0 Å². The van der Waals surface area contributed by atoms with Crippen molar-refractivity contribution in [2.75, 3.05) is 32.9 Å². The fraction of sp³-hybridized carbons (Fsp3) is 0.750. The summed E-state index contributed by atoms with van der Waals surface area (Å²) in [4.78, 5) is 37.5. The highest BCUT2D eigenvalue weighted by molar-refractivity contribution is 5.71. The number of carbonyl (C=O) groups is 2. The number of ether oxygens (including phenoxy) is 3. The van der Waals surface area contributed by atoms with E-state index in [1.807, 2.05) is 32.6 Å². The van der Waals surface area contributed by atoms with E-state index in [-0.39, 0.29) is 19.2 Å². The summed E-state index contributed by atoms with van der Waals surface area (Å²) < 4.78 is 15.3. The van der Waals surface area contributed by atoms with E-state index in [0.29, 0.717) is 32.6 Å². The monoisotopic (exact) mass is 342 g/mol. The van der Waals surface area contributed by atoms with Crippen LogP contribution in [0.5, 0.6) is 0 Å². The molecule has 0 atom stereocenters. The van der Waals surface area contributed by atoms with Crippen LogP contribution in [0, 0.1) is 0 Å². The van der Waals surface area contributed by atoms with Gasteiger partial charge in [-0.25, -0.2) is 9.59 Å². The first-order valence-corrected chi connectivity index (χ1v) is 8.04. The van der Waals surface area contributed by atoms with E-state index in [1.54, 1.807) is 4.90 Å². The van der Waals surface area contributed by atoms with Crippen molar-refractivity contribution in [2.45, 2.75) is 46.1 Å². The predicted molar refractivity (Wildman–Crippen MR) is 85.5 cm³/mol. The minimum Gasteiger partial charge on any atom is -0.444 e. The molecule has 8 nitrogen and oxygen atoms in total. The highest BCUT2D eigenvalue weighted by atomic mass is 16.7. The van der Waals surface area contributed by atoms with Crippen LogP contribution in [-0.2, 0) is 23.8 Å². The highest BCUT2D eigenvalue weighted by Gasteiger charge is 2.26. The fourth-order valence-electron chi connectivity index (χ4n) is 1.97. The molecule has 0 saturated carbocycles. The summed E-state index contributed by atoms with van der Waals surface area (Å²) in [5, 5.41) is 0. The summed E-state index contributed by atoms with van der Waals surface area (Å²) in [6.45, 7) is 9.50. The van der Waals surface area contributed by atoms with Gasteiger partial charge in [0.1, 0.15) is 12.3 Å². The fourth-order valence-corrected chi connectivity index (χ4v) is 1.97. The molecule has 0 N–H and O–H groups in total. The van der Waals surface area contributed by atoms with Crippen molar-refractivity contribution >= 4 is 18.0 Å². The molecule has 1 aliphatic heterocycles. The molecule has 0 unspecified atom stereocenters. The Balaban J connectivity index is 2.34. The number of amides is 1. The second kappa shape index (κ2) is 9.30. The van der Waals surface area contributed by atoms with E-state index in [9.17, 15) is 14.4 Å². The largest absolute Gasteiger partial charge is 0.444 e. The van der Waals surface area contributed by atoms with E-state index in [4.69, 9.17) is 14.2 Å². The molecule has 0 radical (unpaired) electrons. The minimum atomic E-state index is -0.524. The topological polar surface area (TPSA) is 85.4 Å². The van der Waals surface area contributed by atoms with Gasteiger partial charge in [-0.2, -0.15) is 0 Å². The van der Waals surface area contributed by atoms with E-state index in [1.165, 1.54) is 5.94 Å². The SMILES string of the molecule is CCCC(=O)OC(=C=O)OCN1CCN(C(=O)OC(C)(C)C)CC1. The number of carbonyl (C=O) groups excluding carboxylic acids is 3. The van der Waals surface area contributed by atoms with Crippen LogP contribution >= 0.6 is 0 Å². The van der Waals surface area contributed by atoms with Gasteiger partial charge in [0.25, 0.3) is 0 Å². The Morgan fingerprint density at radius 1 is 1.12 bits per heavy atom. The first-order chi connectivity index (χ1) is 11.2. The Labute approximate surface area is 142 Å². The third-order valence-electron chi connectivity index (χ3n) is 3.15. The summed E-state index contributed by atoms with van der Waals surface area (Å²) in [7, 11) is 0. The lowest BCUT2D eigenvalue weighted by molar-refractivity contribution is -0.146. The number of hydrogen-bond donors (Lipinski definition) is 0. The molecule has 0 aromatic carbocycles. The molecule has 136 valence electrons. The van der Waals surface area contributed by atoms with Crippen LogP contribution in [0.15, 0.2) is 5.95 Å². The molecular formula is C16H26N2O6. The van der Waals surface area contributed by atoms with Crippen molar-refractivity contribution in [3.63, 3.8) is 0 Å². The number of rotatable bonds is 6. The quantitative estimate of drug-likeness (QED) is 0.411. The van der Waals surface area contributed by atoms with E-state index < -0.39 is 17.5 Å². The molecule has 0 spiro atoms. The molecule has 1 saturated heterocycles. The van der Waals surface area contributed by atoms with Gasteiger partial charge in [-0.05, 0) is 27.2 Å². The molecule has 0 aromatic rings. The Morgan fingerprint density at radius 2 is 1.75 bits per heavy atom. The first-order valence-electron chi connectivity index (χ1n) is 8.04. The van der Waals surface area contributed by atoms with Gasteiger partial charge in [-0.3, -0.25) is 9.69 Å². The zero-order chi connectivity index (χ0) is 18.2. The first kappa shape index (κ1) is 20.0. The highest BCUT2D eigenvalue weighted by Crippen LogP contribution is 2.12. The Morgan fingerprint density at radius 3 is 2.25 bits per heavy atom. The molecule has 1 aliphatic rings. The van der Waals surface area contributed by atoms with Crippen LogP contribution < -0.4 is 0 Å². The summed E-state index contributed by atoms with van der Waals surface area (Å²) in [6.07, 6.45) is 0.491. The Kier molecular flexibility index (Phi) is 7.74. The number of piperazine rings is 1. The average molecular weight is 342 g/mol. The zero-order valence-corrected chi connectivity index (χ0v) is 14.8. The Hall–Kier alpha value is -2.05. The second-order valence-electron chi connectivity index (χ2n) is 6.47. The maximum Gasteiger partial charge on any atom is 0.410 e. The smallest absolute Gasteiger partial charge is 0.410 e. The maximum absolute atomic E-state index is 12.0. The van der Waals surface area contributed by atoms with Crippen molar-refractivity contribution in [3.05, 3.63) is 5.95 Å². The Bertz CT molecular complexity index is 485. The molecule has 0 aliphatic carbocycles. The van der Waals surface area contributed by atoms with Crippen LogP contribution in [0.3, 0.4) is 0 Å². The van der Waals surface area contributed by atoms with Crippen molar-refractivity contribution in [2.24, 2.45) is 0 Å². The van der Waals surface area contributed by atoms with Gasteiger partial charge in [0.05, 0.1) is 0 Å². The molecule has 1 fully saturated rings. The molecule has 1 amide bonds. The van der Waals surface area contributed by atoms with Gasteiger partial charge in [0.2, 0.25) is 5.94 Å². The number of hydrogen-bond acceptors (Lipinski definition) is 7. The van der Waals surface area contributed by atoms with Crippen LogP contribution in [-0.4, -0.2) is 66.3 Å². The summed E-state index contributed by atoms with van der Waals surface area (Å²) in [5.74, 6) is 0.496. The standard InChI is InChI=1S/C16H26N2O6/c1-5-6-13(20)23-14(11-19)22-12-17-7-9-18(10-8-17)15(21)24-16(2,3)4/h5-10,12H2,1-4H3. The molecule has 1 rings (SSSR count). The van der Waals surface area contributed by atoms with Crippen molar-refractivity contribution in [3.8, 4) is 0 Å². The van der Waals surface area contributed by atoms with Gasteiger partial charge in [0.15, 0.2) is 0 Å². The normalized spacial score (nSPS) is 15.4. The van der Waals surface area contributed by atoms with Gasteiger partial charge in [-0.15, -0.1) is 0 Å². The summed E-state index contributed by atoms with van der Waals surface area (Å²) in [5.41, 5.74) is -0.524. The molecular weight excluding hydrogens is 316 g/mol. The summed E-state index contributed by atoms with van der Waals surface area (Å²) >= 11 is 0. The molecule has 8 heteroatoms.